The van der Waals surface area contributed by atoms with Crippen molar-refractivity contribution in [3.63, 3.8) is 0 Å². The van der Waals surface area contributed by atoms with Crippen molar-refractivity contribution in [2.45, 2.75) is 19.8 Å². The molecule has 24 heavy (non-hydrogen) atoms. The van der Waals surface area contributed by atoms with E-state index in [1.54, 1.807) is 6.07 Å². The van der Waals surface area contributed by atoms with Gasteiger partial charge in [0.1, 0.15) is 0 Å². The first-order valence-corrected chi connectivity index (χ1v) is 8.44. The molecular weight excluding hydrogens is 425 g/mol. The molecule has 4 rings (SSSR count). The summed E-state index contributed by atoms with van der Waals surface area (Å²) < 4.78 is 28.4. The largest absolute Gasteiger partial charge is 0.359 e. The van der Waals surface area contributed by atoms with Crippen LogP contribution in [0, 0.1) is 10.5 Å². The molecule has 0 amide bonds. The van der Waals surface area contributed by atoms with Crippen LogP contribution in [0.25, 0.3) is 16.9 Å². The van der Waals surface area contributed by atoms with Crippen LogP contribution >= 0.6 is 22.6 Å². The molecule has 0 unspecified atom stereocenters. The lowest BCUT2D eigenvalue weighted by Gasteiger charge is -2.11. The Morgan fingerprint density at radius 3 is 2.88 bits per heavy atom. The van der Waals surface area contributed by atoms with Crippen molar-refractivity contribution in [3.8, 4) is 11.3 Å². The minimum atomic E-state index is -2.69. The number of halogens is 3. The van der Waals surface area contributed by atoms with Crippen LogP contribution in [0.2, 0.25) is 0 Å². The second-order valence-corrected chi connectivity index (χ2v) is 6.97. The van der Waals surface area contributed by atoms with Gasteiger partial charge in [-0.2, -0.15) is 0 Å². The third kappa shape index (κ3) is 2.38. The Bertz CT molecular complexity index is 994. The summed E-state index contributed by atoms with van der Waals surface area (Å²) in [6.45, 7) is 6.00. The second-order valence-electron chi connectivity index (χ2n) is 5.80. The Hall–Kier alpha value is -2.03. The Labute approximate surface area is 150 Å². The number of fused-ring (bicyclic) bond motifs is 2. The van der Waals surface area contributed by atoms with E-state index in [1.807, 2.05) is 19.1 Å². The van der Waals surface area contributed by atoms with Gasteiger partial charge in [-0.05, 0) is 64.9 Å². The van der Waals surface area contributed by atoms with Crippen molar-refractivity contribution in [1.82, 2.24) is 14.6 Å². The van der Waals surface area contributed by atoms with Gasteiger partial charge in [0.25, 0.3) is 6.43 Å². The van der Waals surface area contributed by atoms with Crippen LogP contribution < -0.4 is 5.32 Å². The zero-order chi connectivity index (χ0) is 17.0. The highest BCUT2D eigenvalue weighted by molar-refractivity contribution is 14.1. The van der Waals surface area contributed by atoms with Crippen LogP contribution in [0.15, 0.2) is 36.5 Å². The van der Waals surface area contributed by atoms with Gasteiger partial charge in [-0.25, -0.2) is 18.3 Å². The van der Waals surface area contributed by atoms with Crippen LogP contribution in [0.5, 0.6) is 0 Å². The van der Waals surface area contributed by atoms with E-state index in [-0.39, 0.29) is 0 Å². The lowest BCUT2D eigenvalue weighted by Crippen LogP contribution is -1.99. The summed E-state index contributed by atoms with van der Waals surface area (Å²) in [6.07, 6.45) is -1.93. The van der Waals surface area contributed by atoms with Crippen molar-refractivity contribution in [2.24, 2.45) is 0 Å². The lowest BCUT2D eigenvalue weighted by atomic mass is 10.0. The zero-order valence-corrected chi connectivity index (χ0v) is 14.9. The number of aryl methyl sites for hydroxylation is 1. The lowest BCUT2D eigenvalue weighted by molar-refractivity contribution is 0.140. The van der Waals surface area contributed by atoms with Gasteiger partial charge < -0.3 is 5.32 Å². The number of alkyl halides is 2. The Morgan fingerprint density at radius 1 is 1.33 bits per heavy atom. The number of hydrogen-bond donors (Lipinski definition) is 1. The van der Waals surface area contributed by atoms with Gasteiger partial charge in [0.05, 0.1) is 5.69 Å². The van der Waals surface area contributed by atoms with Crippen molar-refractivity contribution < 1.29 is 8.78 Å². The number of nitrogens with one attached hydrogen (secondary N) is 1. The topological polar surface area (TPSA) is 42.2 Å². The van der Waals surface area contributed by atoms with E-state index in [2.05, 4.69) is 50.6 Å². The first kappa shape index (κ1) is 15.5. The first-order valence-electron chi connectivity index (χ1n) is 7.36. The number of benzene rings is 1. The van der Waals surface area contributed by atoms with Gasteiger partial charge in [-0.15, -0.1) is 5.10 Å². The predicted octanol–water partition coefficient (Wildman–Crippen LogP) is 4.73. The fourth-order valence-corrected chi connectivity index (χ4v) is 3.78. The number of nitrogens with zero attached hydrogens (tertiary/aromatic N) is 3. The number of hydrogen-bond acceptors (Lipinski definition) is 3. The average molecular weight is 438 g/mol. The molecule has 122 valence electrons. The zero-order valence-electron chi connectivity index (χ0n) is 12.8. The molecule has 0 saturated carbocycles. The van der Waals surface area contributed by atoms with Crippen LogP contribution in [0.4, 0.5) is 14.5 Å². The Balaban J connectivity index is 1.97. The highest BCUT2D eigenvalue weighted by Crippen LogP contribution is 2.36. The highest BCUT2D eigenvalue weighted by Gasteiger charge is 2.21. The van der Waals surface area contributed by atoms with E-state index in [9.17, 15) is 8.78 Å². The molecule has 0 atom stereocenters. The van der Waals surface area contributed by atoms with E-state index in [1.165, 1.54) is 4.52 Å². The van der Waals surface area contributed by atoms with E-state index in [0.29, 0.717) is 5.65 Å². The van der Waals surface area contributed by atoms with Crippen LogP contribution in [-0.2, 0) is 6.42 Å². The molecule has 1 aliphatic rings. The fraction of sp³-hybridized carbons (Fsp3) is 0.176. The summed E-state index contributed by atoms with van der Waals surface area (Å²) in [6, 6.07) is 7.67. The van der Waals surface area contributed by atoms with Gasteiger partial charge in [0.15, 0.2) is 5.65 Å². The molecule has 0 aliphatic carbocycles. The molecule has 4 nitrogen and oxygen atoms in total. The summed E-state index contributed by atoms with van der Waals surface area (Å²) in [7, 11) is 0. The molecule has 0 fully saturated rings. The quantitative estimate of drug-likeness (QED) is 0.589. The molecule has 0 bridgehead atoms. The van der Waals surface area contributed by atoms with Crippen LogP contribution in [-0.4, -0.2) is 14.6 Å². The standard InChI is InChI=1S/C17H13F2IN4/c1-8-5-11(7-10-6-9(2)21-14(8)10)15-12(20)3-4-13-22-17(16(18)19)23-24(13)15/h3-5,7,16,21H,2,6H2,1H3. The highest BCUT2D eigenvalue weighted by atomic mass is 127. The third-order valence-corrected chi connectivity index (χ3v) is 4.93. The van der Waals surface area contributed by atoms with Crippen molar-refractivity contribution in [1.29, 1.82) is 0 Å². The number of aromatic nitrogens is 3. The van der Waals surface area contributed by atoms with Gasteiger partial charge in [0.2, 0.25) is 5.82 Å². The molecule has 3 aromatic rings. The van der Waals surface area contributed by atoms with E-state index in [0.717, 1.165) is 43.8 Å². The first-order chi connectivity index (χ1) is 11.4. The molecule has 0 spiro atoms. The maximum absolute atomic E-state index is 13.0. The second kappa shape index (κ2) is 5.51. The molecule has 0 saturated heterocycles. The Kier molecular flexibility index (Phi) is 3.56. The summed E-state index contributed by atoms with van der Waals surface area (Å²) in [4.78, 5) is 3.92. The minimum Gasteiger partial charge on any atom is -0.359 e. The van der Waals surface area contributed by atoms with Crippen molar-refractivity contribution in [3.05, 3.63) is 57.1 Å². The van der Waals surface area contributed by atoms with Gasteiger partial charge >= 0.3 is 0 Å². The van der Waals surface area contributed by atoms with Crippen LogP contribution in [0.3, 0.4) is 0 Å². The monoisotopic (exact) mass is 438 g/mol. The van der Waals surface area contributed by atoms with E-state index in [4.69, 9.17) is 0 Å². The summed E-state index contributed by atoms with van der Waals surface area (Å²) in [5, 5.41) is 7.29. The smallest absolute Gasteiger partial charge is 0.299 e. The summed E-state index contributed by atoms with van der Waals surface area (Å²) in [5.41, 5.74) is 6.40. The molecule has 2 aromatic heterocycles. The van der Waals surface area contributed by atoms with E-state index < -0.39 is 12.2 Å². The van der Waals surface area contributed by atoms with Gasteiger partial charge in [-0.1, -0.05) is 6.58 Å². The average Bonchev–Trinajstić information content (AvgIpc) is 3.10. The minimum absolute atomic E-state index is 0.418. The molecule has 1 aromatic carbocycles. The molecule has 1 aliphatic heterocycles. The molecule has 0 radical (unpaired) electrons. The third-order valence-electron chi connectivity index (χ3n) is 4.06. The predicted molar refractivity (Wildman–Crippen MR) is 97.3 cm³/mol. The molecule has 1 N–H and O–H groups in total. The number of allylic oxidation sites excluding steroid dienone is 1. The molecule has 7 heteroatoms. The normalized spacial score (nSPS) is 13.6. The SMILES string of the molecule is C=C1Cc2cc(-c3c(I)ccc4nc(C(F)F)nn34)cc(C)c2N1. The number of anilines is 1. The molecular formula is C17H13F2IN4. The van der Waals surface area contributed by atoms with Crippen molar-refractivity contribution in [2.75, 3.05) is 5.32 Å². The summed E-state index contributed by atoms with van der Waals surface area (Å²) >= 11 is 2.19. The number of rotatable bonds is 2. The van der Waals surface area contributed by atoms with Gasteiger partial charge in [0, 0.05) is 26.9 Å². The maximum atomic E-state index is 13.0. The van der Waals surface area contributed by atoms with E-state index >= 15 is 0 Å². The van der Waals surface area contributed by atoms with Crippen molar-refractivity contribution >= 4 is 33.9 Å². The maximum Gasteiger partial charge on any atom is 0.299 e. The summed E-state index contributed by atoms with van der Waals surface area (Å²) in [5.74, 6) is -0.453. The number of pyridine rings is 1. The molecule has 3 heterocycles. The van der Waals surface area contributed by atoms with Gasteiger partial charge in [-0.3, -0.25) is 0 Å². The fourth-order valence-electron chi connectivity index (χ4n) is 3.06. The Morgan fingerprint density at radius 2 is 2.12 bits per heavy atom. The van der Waals surface area contributed by atoms with Crippen LogP contribution in [0.1, 0.15) is 23.4 Å².